The van der Waals surface area contributed by atoms with E-state index in [-0.39, 0.29) is 18.9 Å². The van der Waals surface area contributed by atoms with Crippen LogP contribution in [0.2, 0.25) is 0 Å². The van der Waals surface area contributed by atoms with Crippen LogP contribution in [0, 0.1) is 0 Å². The number of hydrogen-bond donors (Lipinski definition) is 12. The van der Waals surface area contributed by atoms with E-state index in [1.807, 2.05) is 0 Å². The first-order chi connectivity index (χ1) is 50.3. The molecule has 3 aliphatic heterocycles. The summed E-state index contributed by atoms with van der Waals surface area (Å²) in [6.45, 7) is 1.89. The predicted molar refractivity (Wildman–Crippen MR) is 411 cm³/mol. The number of nitrogens with one attached hydrogen (secondary N) is 1. The molecule has 0 aromatic carbocycles. The molecular weight excluding hydrogens is 1310 g/mol. The maximum atomic E-state index is 13.5. The first kappa shape index (κ1) is 96.0. The minimum atomic E-state index is -1.97. The summed E-state index contributed by atoms with van der Waals surface area (Å²) in [6.07, 6.45) is 50.7. The van der Waals surface area contributed by atoms with E-state index in [4.69, 9.17) is 28.4 Å². The van der Waals surface area contributed by atoms with Crippen LogP contribution >= 0.6 is 0 Å². The second kappa shape index (κ2) is 65.5. The molecule has 103 heavy (non-hydrogen) atoms. The lowest BCUT2D eigenvalue weighted by Gasteiger charge is -2.48. The number of ether oxygens (including phenoxy) is 6. The lowest BCUT2D eigenvalue weighted by atomic mass is 9.96. The number of carbonyl (C=O) groups excluding carboxylic acids is 1. The van der Waals surface area contributed by atoms with Gasteiger partial charge in [0.15, 0.2) is 18.9 Å². The molecule has 3 aliphatic rings. The number of unbranched alkanes of at least 4 members (excludes halogenated alkanes) is 56. The zero-order chi connectivity index (χ0) is 74.6. The van der Waals surface area contributed by atoms with Gasteiger partial charge >= 0.3 is 0 Å². The minimum Gasteiger partial charge on any atom is -0.394 e. The van der Waals surface area contributed by atoms with E-state index < -0.39 is 124 Å². The summed E-state index contributed by atoms with van der Waals surface area (Å²) < 4.78 is 34.6. The van der Waals surface area contributed by atoms with Crippen LogP contribution in [0.5, 0.6) is 0 Å². The quantitative estimate of drug-likeness (QED) is 0.0252. The Labute approximate surface area is 627 Å². The molecule has 17 atom stereocenters. The molecule has 1 amide bonds. The highest BCUT2D eigenvalue weighted by molar-refractivity contribution is 5.76. The molecule has 3 rings (SSSR count). The SMILES string of the molecule is CCCCCCCCCCCCCCCCCCCCCCCCCCCCCCCCCCC(=O)NC(COC1OC(CO)C(OC2OC(CO)C(OC3OC(CO)C(O)C(O)C3O)C(O)C2O)C(O)C1O)C(O)CCCCCCCCCCCCCCCCCCCCCCCCCCCC. The summed E-state index contributed by atoms with van der Waals surface area (Å²) in [5.41, 5.74) is 0. The predicted octanol–water partition coefficient (Wildman–Crippen LogP) is 15.7. The summed E-state index contributed by atoms with van der Waals surface area (Å²) in [4.78, 5) is 13.5. The van der Waals surface area contributed by atoms with E-state index in [1.54, 1.807) is 0 Å². The van der Waals surface area contributed by atoms with Crippen molar-refractivity contribution in [3.8, 4) is 0 Å². The number of rotatable bonds is 72. The van der Waals surface area contributed by atoms with E-state index in [1.165, 1.54) is 321 Å². The number of aliphatic hydroxyl groups is 11. The smallest absolute Gasteiger partial charge is 0.220 e. The number of hydrogen-bond acceptors (Lipinski definition) is 18. The van der Waals surface area contributed by atoms with Gasteiger partial charge in [0.25, 0.3) is 0 Å². The summed E-state index contributed by atoms with van der Waals surface area (Å²) >= 11 is 0. The Bertz CT molecular complexity index is 1860. The molecule has 0 aliphatic carbocycles. The fourth-order valence-electron chi connectivity index (χ4n) is 15.4. The fourth-order valence-corrected chi connectivity index (χ4v) is 15.4. The third-order valence-electron chi connectivity index (χ3n) is 22.4. The Morgan fingerprint density at radius 1 is 0.311 bits per heavy atom. The van der Waals surface area contributed by atoms with Crippen molar-refractivity contribution in [2.75, 3.05) is 26.4 Å². The van der Waals surface area contributed by atoms with Gasteiger partial charge in [-0.25, -0.2) is 0 Å². The summed E-state index contributed by atoms with van der Waals surface area (Å²) in [5.74, 6) is -0.231. The summed E-state index contributed by atoms with van der Waals surface area (Å²) in [6, 6.07) is -0.884. The second-order valence-electron chi connectivity index (χ2n) is 31.7. The Morgan fingerprint density at radius 3 is 0.845 bits per heavy atom. The average Bonchev–Trinajstić information content (AvgIpc) is 0.781. The van der Waals surface area contributed by atoms with E-state index in [2.05, 4.69) is 19.2 Å². The highest BCUT2D eigenvalue weighted by Crippen LogP contribution is 2.34. The topological polar surface area (TPSA) is 307 Å². The molecule has 612 valence electrons. The van der Waals surface area contributed by atoms with Crippen molar-refractivity contribution in [3.05, 3.63) is 0 Å². The standard InChI is InChI=1S/C84H163NO18/c1-3-5-7-9-11-13-15-17-19-21-23-25-27-29-31-32-33-34-35-36-38-40-42-44-46-48-50-52-54-56-58-60-62-72(90)85-67(68(89)61-59-57-55-53-51-49-47-45-43-41-39-37-30-28-26-24-22-20-18-16-14-12-10-8-6-4-2)66-98-82-78(96)75(93)80(70(64-87)100-82)103-84-79(97)76(94)81(71(65-88)101-84)102-83-77(95)74(92)73(91)69(63-86)99-83/h67-71,73-84,86-89,91-97H,3-66H2,1-2H3,(H,85,90). The van der Waals surface area contributed by atoms with Crippen LogP contribution in [-0.2, 0) is 33.2 Å². The summed E-state index contributed by atoms with van der Waals surface area (Å²) in [5, 5.41) is 121. The number of aliphatic hydroxyl groups excluding tert-OH is 11. The third-order valence-corrected chi connectivity index (χ3v) is 22.4. The van der Waals surface area contributed by atoms with Crippen LogP contribution in [0.4, 0.5) is 0 Å². The molecular formula is C84H163NO18. The molecule has 3 saturated heterocycles. The van der Waals surface area contributed by atoms with E-state index in [0.29, 0.717) is 12.8 Å². The van der Waals surface area contributed by atoms with Crippen molar-refractivity contribution >= 4 is 5.91 Å². The molecule has 0 saturated carbocycles. The number of carbonyl (C=O) groups is 1. The molecule has 0 spiro atoms. The molecule has 3 fully saturated rings. The first-order valence-corrected chi connectivity index (χ1v) is 43.8. The van der Waals surface area contributed by atoms with Crippen molar-refractivity contribution in [1.82, 2.24) is 5.32 Å². The lowest BCUT2D eigenvalue weighted by molar-refractivity contribution is -0.379. The molecule has 17 unspecified atom stereocenters. The fraction of sp³-hybridized carbons (Fsp3) is 0.988. The van der Waals surface area contributed by atoms with Gasteiger partial charge in [0.2, 0.25) is 5.91 Å². The number of amides is 1. The van der Waals surface area contributed by atoms with Crippen LogP contribution in [0.25, 0.3) is 0 Å². The van der Waals surface area contributed by atoms with Gasteiger partial charge in [0, 0.05) is 6.42 Å². The van der Waals surface area contributed by atoms with Crippen molar-refractivity contribution in [2.45, 2.75) is 503 Å². The van der Waals surface area contributed by atoms with Gasteiger partial charge in [-0.2, -0.15) is 0 Å². The van der Waals surface area contributed by atoms with Crippen molar-refractivity contribution in [1.29, 1.82) is 0 Å². The molecule has 19 nitrogen and oxygen atoms in total. The van der Waals surface area contributed by atoms with Crippen LogP contribution in [0.3, 0.4) is 0 Å². The Kier molecular flexibility index (Phi) is 61.0. The van der Waals surface area contributed by atoms with Crippen LogP contribution < -0.4 is 5.32 Å². The first-order valence-electron chi connectivity index (χ1n) is 43.8. The molecule has 3 heterocycles. The molecule has 0 bridgehead atoms. The van der Waals surface area contributed by atoms with Gasteiger partial charge in [0.1, 0.15) is 73.2 Å². The molecule has 0 aromatic rings. The van der Waals surface area contributed by atoms with Crippen molar-refractivity contribution in [2.24, 2.45) is 0 Å². The van der Waals surface area contributed by atoms with Gasteiger partial charge < -0.3 is 89.9 Å². The largest absolute Gasteiger partial charge is 0.394 e. The van der Waals surface area contributed by atoms with Crippen LogP contribution in [-0.4, -0.2) is 193 Å². The van der Waals surface area contributed by atoms with Crippen LogP contribution in [0.1, 0.15) is 399 Å². The van der Waals surface area contributed by atoms with Gasteiger partial charge in [-0.1, -0.05) is 380 Å². The van der Waals surface area contributed by atoms with Gasteiger partial charge in [-0.05, 0) is 12.8 Å². The molecule has 0 aromatic heterocycles. The average molecular weight is 1480 g/mol. The Hall–Kier alpha value is -1.21. The van der Waals surface area contributed by atoms with E-state index >= 15 is 0 Å². The van der Waals surface area contributed by atoms with Crippen LogP contribution in [0.15, 0.2) is 0 Å². The van der Waals surface area contributed by atoms with Crippen molar-refractivity contribution < 1.29 is 89.4 Å². The highest BCUT2D eigenvalue weighted by Gasteiger charge is 2.54. The molecule has 19 heteroatoms. The Balaban J connectivity index is 1.33. The summed E-state index contributed by atoms with van der Waals surface area (Å²) in [7, 11) is 0. The van der Waals surface area contributed by atoms with E-state index in [9.17, 15) is 61.0 Å². The lowest BCUT2D eigenvalue weighted by Crippen LogP contribution is -2.66. The third kappa shape index (κ3) is 45.0. The second-order valence-corrected chi connectivity index (χ2v) is 31.7. The van der Waals surface area contributed by atoms with Gasteiger partial charge in [-0.3, -0.25) is 4.79 Å². The maximum Gasteiger partial charge on any atom is 0.220 e. The van der Waals surface area contributed by atoms with Crippen molar-refractivity contribution in [3.63, 3.8) is 0 Å². The van der Waals surface area contributed by atoms with E-state index in [0.717, 1.165) is 44.9 Å². The Morgan fingerprint density at radius 2 is 0.553 bits per heavy atom. The highest BCUT2D eigenvalue weighted by atomic mass is 16.8. The zero-order valence-electron chi connectivity index (χ0n) is 65.8. The normalized spacial score (nSPS) is 25.9. The van der Waals surface area contributed by atoms with Gasteiger partial charge in [0.05, 0.1) is 38.6 Å². The van der Waals surface area contributed by atoms with Gasteiger partial charge in [-0.15, -0.1) is 0 Å². The zero-order valence-corrected chi connectivity index (χ0v) is 65.8. The minimum absolute atomic E-state index is 0.231. The monoisotopic (exact) mass is 1470 g/mol. The molecule has 0 radical (unpaired) electrons. The molecule has 12 N–H and O–H groups in total. The maximum absolute atomic E-state index is 13.5.